The van der Waals surface area contributed by atoms with Gasteiger partial charge in [0.25, 0.3) is 0 Å². The summed E-state index contributed by atoms with van der Waals surface area (Å²) in [5, 5.41) is 4.64. The first-order valence-corrected chi connectivity index (χ1v) is 6.61. The lowest BCUT2D eigenvalue weighted by atomic mass is 10.8. The summed E-state index contributed by atoms with van der Waals surface area (Å²) >= 11 is 0. The molecule has 0 unspecified atom stereocenters. The van der Waals surface area contributed by atoms with Gasteiger partial charge in [-0.15, -0.1) is 0 Å². The fraction of sp³-hybridized carbons (Fsp3) is 1.00. The summed E-state index contributed by atoms with van der Waals surface area (Å²) in [5.74, 6) is -0.455. The zero-order valence-electron chi connectivity index (χ0n) is 6.65. The van der Waals surface area contributed by atoms with E-state index < -0.39 is 20.0 Å². The van der Waals surface area contributed by atoms with E-state index in [1.54, 1.807) is 0 Å². The lowest BCUT2D eigenvalue weighted by Crippen LogP contribution is -2.32. The number of hydrogen-bond donors (Lipinski definition) is 2. The summed E-state index contributed by atoms with van der Waals surface area (Å²) in [6.07, 6.45) is 0. The van der Waals surface area contributed by atoms with Crippen LogP contribution < -0.4 is 9.86 Å². The molecular weight excluding hydrogens is 204 g/mol. The van der Waals surface area contributed by atoms with Crippen LogP contribution in [0.5, 0.6) is 0 Å². The quantitative estimate of drug-likeness (QED) is 0.566. The second-order valence-corrected chi connectivity index (χ2v) is 5.99. The Hall–Kier alpha value is -0.180. The molecule has 0 aromatic carbocycles. The average Bonchev–Trinajstić information content (AvgIpc) is 1.84. The van der Waals surface area contributed by atoms with Crippen molar-refractivity contribution < 1.29 is 16.8 Å². The van der Waals surface area contributed by atoms with Crippen LogP contribution in [0.4, 0.5) is 0 Å². The van der Waals surface area contributed by atoms with Crippen LogP contribution in [0, 0.1) is 0 Å². The van der Waals surface area contributed by atoms with Crippen LogP contribution in [0.3, 0.4) is 0 Å². The first-order valence-electron chi connectivity index (χ1n) is 3.24. The Balaban J connectivity index is 3.89. The van der Waals surface area contributed by atoms with Gasteiger partial charge in [-0.2, -0.15) is 0 Å². The maximum atomic E-state index is 10.7. The van der Waals surface area contributed by atoms with Gasteiger partial charge in [0.2, 0.25) is 20.0 Å². The molecule has 6 nitrogen and oxygen atoms in total. The molecule has 0 aromatic heterocycles. The Bertz CT molecular complexity index is 317. The van der Waals surface area contributed by atoms with E-state index in [0.717, 1.165) is 0 Å². The topological polar surface area (TPSA) is 106 Å². The minimum atomic E-state index is -3.58. The Morgan fingerprint density at radius 1 is 1.25 bits per heavy atom. The van der Waals surface area contributed by atoms with Crippen LogP contribution in [-0.2, 0) is 20.0 Å². The number of rotatable bonds is 5. The summed E-state index contributed by atoms with van der Waals surface area (Å²) in [6.45, 7) is 1.29. The zero-order valence-corrected chi connectivity index (χ0v) is 8.28. The molecule has 0 aromatic rings. The van der Waals surface area contributed by atoms with Crippen LogP contribution in [0.2, 0.25) is 0 Å². The van der Waals surface area contributed by atoms with Gasteiger partial charge in [0.05, 0.1) is 11.5 Å². The van der Waals surface area contributed by atoms with Crippen molar-refractivity contribution in [3.8, 4) is 0 Å². The molecule has 3 N–H and O–H groups in total. The highest BCUT2D eigenvalue weighted by Gasteiger charge is 2.08. The van der Waals surface area contributed by atoms with E-state index in [-0.39, 0.29) is 18.1 Å². The average molecular weight is 216 g/mol. The molecule has 0 fully saturated rings. The third kappa shape index (κ3) is 6.53. The van der Waals surface area contributed by atoms with Crippen LogP contribution in [0.1, 0.15) is 6.92 Å². The maximum Gasteiger partial charge on any atom is 0.211 e. The number of nitrogens with two attached hydrogens (primary N) is 1. The molecule has 0 saturated heterocycles. The van der Waals surface area contributed by atoms with Crippen molar-refractivity contribution in [3.63, 3.8) is 0 Å². The van der Waals surface area contributed by atoms with Gasteiger partial charge in [0, 0.05) is 6.54 Å². The summed E-state index contributed by atoms with van der Waals surface area (Å²) in [7, 11) is -6.89. The van der Waals surface area contributed by atoms with E-state index in [0.29, 0.717) is 0 Å². The summed E-state index contributed by atoms with van der Waals surface area (Å²) in [6, 6.07) is 0. The van der Waals surface area contributed by atoms with E-state index in [9.17, 15) is 16.8 Å². The lowest BCUT2D eigenvalue weighted by molar-refractivity contribution is 0.582. The molecule has 12 heavy (non-hydrogen) atoms. The Morgan fingerprint density at radius 3 is 2.08 bits per heavy atom. The van der Waals surface area contributed by atoms with Crippen molar-refractivity contribution in [1.82, 2.24) is 4.72 Å². The molecule has 74 valence electrons. The molecule has 0 spiro atoms. The van der Waals surface area contributed by atoms with Crippen molar-refractivity contribution in [2.45, 2.75) is 6.92 Å². The molecule has 0 heterocycles. The number of hydrogen-bond acceptors (Lipinski definition) is 4. The molecule has 0 radical (unpaired) electrons. The van der Waals surface area contributed by atoms with Crippen molar-refractivity contribution in [2.24, 2.45) is 5.14 Å². The second kappa shape index (κ2) is 4.17. The lowest BCUT2D eigenvalue weighted by Gasteiger charge is -2.01. The van der Waals surface area contributed by atoms with Gasteiger partial charge in [-0.05, 0) is 6.92 Å². The van der Waals surface area contributed by atoms with Gasteiger partial charge >= 0.3 is 0 Å². The fourth-order valence-corrected chi connectivity index (χ4v) is 1.57. The van der Waals surface area contributed by atoms with Crippen molar-refractivity contribution in [3.05, 3.63) is 0 Å². The van der Waals surface area contributed by atoms with Crippen LogP contribution >= 0.6 is 0 Å². The van der Waals surface area contributed by atoms with E-state index in [2.05, 4.69) is 9.86 Å². The van der Waals surface area contributed by atoms with Crippen LogP contribution in [0.15, 0.2) is 0 Å². The predicted octanol–water partition coefficient (Wildman–Crippen LogP) is -1.79. The van der Waals surface area contributed by atoms with Crippen molar-refractivity contribution in [1.29, 1.82) is 0 Å². The first kappa shape index (κ1) is 11.8. The van der Waals surface area contributed by atoms with Gasteiger partial charge in [0.15, 0.2) is 0 Å². The molecule has 0 aliphatic carbocycles. The predicted molar refractivity (Wildman–Crippen MR) is 45.4 cm³/mol. The minimum absolute atomic E-state index is 0.0718. The van der Waals surface area contributed by atoms with Crippen molar-refractivity contribution >= 4 is 20.0 Å². The molecule has 0 atom stereocenters. The van der Waals surface area contributed by atoms with Gasteiger partial charge in [0.1, 0.15) is 0 Å². The SMILES string of the molecule is CCS(=O)(=O)NCCS(N)(=O)=O. The standard InChI is InChI=1S/C4H12N2O4S2/c1-2-12(9,10)6-3-4-11(5,7)8/h6H,2-4H2,1H3,(H2,5,7,8). The third-order valence-corrected chi connectivity index (χ3v) is 3.27. The highest BCUT2D eigenvalue weighted by molar-refractivity contribution is 7.90. The molecule has 0 aliphatic rings. The van der Waals surface area contributed by atoms with E-state index >= 15 is 0 Å². The zero-order chi connectivity index (χ0) is 9.83. The first-order chi connectivity index (χ1) is 5.27. The minimum Gasteiger partial charge on any atom is -0.229 e. The van der Waals surface area contributed by atoms with Gasteiger partial charge in [-0.25, -0.2) is 26.7 Å². The number of nitrogens with one attached hydrogen (secondary N) is 1. The molecular formula is C4H12N2O4S2. The third-order valence-electron chi connectivity index (χ3n) is 1.09. The summed E-state index contributed by atoms with van der Waals surface area (Å²) in [5.41, 5.74) is 0. The molecule has 0 rings (SSSR count). The van der Waals surface area contributed by atoms with E-state index in [1.165, 1.54) is 6.92 Å². The Kier molecular flexibility index (Phi) is 4.11. The largest absolute Gasteiger partial charge is 0.229 e. The molecule has 8 heteroatoms. The second-order valence-electron chi connectivity index (χ2n) is 2.16. The monoisotopic (exact) mass is 216 g/mol. The van der Waals surface area contributed by atoms with Gasteiger partial charge < -0.3 is 0 Å². The highest BCUT2D eigenvalue weighted by Crippen LogP contribution is 1.82. The van der Waals surface area contributed by atoms with E-state index in [1.807, 2.05) is 0 Å². The Labute approximate surface area is 72.2 Å². The molecule has 0 bridgehead atoms. The van der Waals surface area contributed by atoms with Crippen LogP contribution in [0.25, 0.3) is 0 Å². The summed E-state index contributed by atoms with van der Waals surface area (Å²) < 4.78 is 44.3. The maximum absolute atomic E-state index is 10.7. The van der Waals surface area contributed by atoms with Gasteiger partial charge in [-0.1, -0.05) is 0 Å². The van der Waals surface area contributed by atoms with E-state index in [4.69, 9.17) is 0 Å². The molecule has 0 saturated carbocycles. The fourth-order valence-electron chi connectivity index (χ4n) is 0.441. The summed E-state index contributed by atoms with van der Waals surface area (Å²) in [4.78, 5) is 0. The van der Waals surface area contributed by atoms with Crippen LogP contribution in [-0.4, -0.2) is 34.9 Å². The number of primary sulfonamides is 1. The number of sulfonamides is 2. The molecule has 0 amide bonds. The smallest absolute Gasteiger partial charge is 0.211 e. The van der Waals surface area contributed by atoms with Crippen molar-refractivity contribution in [2.75, 3.05) is 18.1 Å². The highest BCUT2D eigenvalue weighted by atomic mass is 32.2. The van der Waals surface area contributed by atoms with Gasteiger partial charge in [-0.3, -0.25) is 0 Å². The normalized spacial score (nSPS) is 13.2. The Morgan fingerprint density at radius 2 is 1.75 bits per heavy atom. The molecule has 0 aliphatic heterocycles.